The van der Waals surface area contributed by atoms with Crippen molar-refractivity contribution in [2.45, 2.75) is 187 Å². The number of thiol groups is 2. The standard InChI is InChI=1S/C39H74O4S2/c1-3-5-7-13-20-26-36-34(24-18-8-6-4-2)28-29-35(25-19-14-9-11-16-22-30-42-38(40)32-44)37(36)27-21-15-10-12-17-23-31-43-39(41)33-45/h34-37,44-45H,3-33H2,1-2H3. The van der Waals surface area contributed by atoms with Gasteiger partial charge in [0.2, 0.25) is 0 Å². The number of carbonyl (C=O) groups excluding carboxylic acids is 2. The molecule has 1 saturated carbocycles. The summed E-state index contributed by atoms with van der Waals surface area (Å²) >= 11 is 7.95. The van der Waals surface area contributed by atoms with Crippen molar-refractivity contribution in [2.24, 2.45) is 23.7 Å². The Labute approximate surface area is 290 Å². The Morgan fingerprint density at radius 1 is 0.467 bits per heavy atom. The molecule has 0 bridgehead atoms. The summed E-state index contributed by atoms with van der Waals surface area (Å²) in [5, 5.41) is 0. The maximum absolute atomic E-state index is 11.3. The smallest absolute Gasteiger partial charge is 0.315 e. The number of unbranched alkanes of at least 4 members (excludes halogenated alkanes) is 17. The molecule has 1 aliphatic carbocycles. The molecule has 0 N–H and O–H groups in total. The van der Waals surface area contributed by atoms with Gasteiger partial charge >= 0.3 is 11.9 Å². The van der Waals surface area contributed by atoms with Crippen LogP contribution in [0.1, 0.15) is 187 Å². The molecule has 1 rings (SSSR count). The van der Waals surface area contributed by atoms with Gasteiger partial charge in [-0.1, -0.05) is 149 Å². The lowest BCUT2D eigenvalue weighted by Crippen LogP contribution is -2.35. The molecular formula is C39H74O4S2. The first-order valence-electron chi connectivity index (χ1n) is 19.6. The van der Waals surface area contributed by atoms with Gasteiger partial charge < -0.3 is 9.47 Å². The predicted octanol–water partition coefficient (Wildman–Crippen LogP) is 12.0. The number of ether oxygens (including phenoxy) is 2. The molecule has 1 fully saturated rings. The third-order valence-electron chi connectivity index (χ3n) is 10.4. The minimum atomic E-state index is -0.202. The molecule has 45 heavy (non-hydrogen) atoms. The SMILES string of the molecule is CCCCCCCC1C(CCCCCC)CCC(CCCCCCCCOC(=O)CS)C1CCCCCCCCOC(=O)CS. The summed E-state index contributed by atoms with van der Waals surface area (Å²) in [6.07, 6.45) is 36.3. The third-order valence-corrected chi connectivity index (χ3v) is 10.9. The first-order valence-corrected chi connectivity index (χ1v) is 20.9. The lowest BCUT2D eigenvalue weighted by atomic mass is 9.61. The maximum Gasteiger partial charge on any atom is 0.315 e. The van der Waals surface area contributed by atoms with Gasteiger partial charge in [-0.25, -0.2) is 0 Å². The van der Waals surface area contributed by atoms with Crippen molar-refractivity contribution in [1.82, 2.24) is 0 Å². The molecule has 0 heterocycles. The Bertz CT molecular complexity index is 688. The van der Waals surface area contributed by atoms with Crippen LogP contribution < -0.4 is 0 Å². The Morgan fingerprint density at radius 3 is 1.16 bits per heavy atom. The van der Waals surface area contributed by atoms with Gasteiger partial charge in [0, 0.05) is 0 Å². The molecule has 0 amide bonds. The highest BCUT2D eigenvalue weighted by molar-refractivity contribution is 7.81. The Hall–Kier alpha value is -0.360. The van der Waals surface area contributed by atoms with Gasteiger partial charge in [-0.2, -0.15) is 25.3 Å². The van der Waals surface area contributed by atoms with Crippen LogP contribution in [0.25, 0.3) is 0 Å². The van der Waals surface area contributed by atoms with E-state index in [0.29, 0.717) is 13.2 Å². The average Bonchev–Trinajstić information content (AvgIpc) is 3.05. The fraction of sp³-hybridized carbons (Fsp3) is 0.949. The molecule has 0 aromatic rings. The van der Waals surface area contributed by atoms with Gasteiger partial charge in [0.15, 0.2) is 0 Å². The van der Waals surface area contributed by atoms with Crippen LogP contribution >= 0.6 is 25.3 Å². The number of carbonyl (C=O) groups is 2. The summed E-state index contributed by atoms with van der Waals surface area (Å²) in [5.41, 5.74) is 0. The zero-order chi connectivity index (χ0) is 32.8. The molecule has 266 valence electrons. The van der Waals surface area contributed by atoms with Gasteiger partial charge in [-0.3, -0.25) is 9.59 Å². The van der Waals surface area contributed by atoms with Crippen LogP contribution in [0.5, 0.6) is 0 Å². The summed E-state index contributed by atoms with van der Waals surface area (Å²) < 4.78 is 10.3. The summed E-state index contributed by atoms with van der Waals surface area (Å²) in [4.78, 5) is 22.5. The fourth-order valence-electron chi connectivity index (χ4n) is 7.86. The second kappa shape index (κ2) is 30.9. The van der Waals surface area contributed by atoms with Crippen molar-refractivity contribution < 1.29 is 19.1 Å². The Kier molecular flexibility index (Phi) is 29.3. The molecule has 6 heteroatoms. The third kappa shape index (κ3) is 22.8. The highest BCUT2D eigenvalue weighted by Gasteiger charge is 2.37. The van der Waals surface area contributed by atoms with Gasteiger partial charge in [-0.05, 0) is 62.2 Å². The van der Waals surface area contributed by atoms with Crippen molar-refractivity contribution in [3.05, 3.63) is 0 Å². The van der Waals surface area contributed by atoms with E-state index in [-0.39, 0.29) is 23.4 Å². The number of rotatable bonds is 31. The van der Waals surface area contributed by atoms with Crippen molar-refractivity contribution >= 4 is 37.2 Å². The monoisotopic (exact) mass is 671 g/mol. The fourth-order valence-corrected chi connectivity index (χ4v) is 8.04. The number of hydrogen-bond acceptors (Lipinski definition) is 6. The van der Waals surface area contributed by atoms with Crippen LogP contribution in [-0.2, 0) is 19.1 Å². The molecule has 0 aromatic heterocycles. The highest BCUT2D eigenvalue weighted by atomic mass is 32.1. The molecule has 1 aliphatic rings. The van der Waals surface area contributed by atoms with E-state index in [2.05, 4.69) is 39.1 Å². The highest BCUT2D eigenvalue weighted by Crippen LogP contribution is 2.47. The maximum atomic E-state index is 11.3. The normalized spacial score (nSPS) is 19.9. The summed E-state index contributed by atoms with van der Waals surface area (Å²) in [7, 11) is 0. The van der Waals surface area contributed by atoms with Crippen LogP contribution in [0.3, 0.4) is 0 Å². The number of hydrogen-bond donors (Lipinski definition) is 2. The first-order chi connectivity index (χ1) is 22.1. The number of esters is 2. The summed E-state index contributed by atoms with van der Waals surface area (Å²) in [6.45, 7) is 5.76. The molecular weight excluding hydrogens is 597 g/mol. The van der Waals surface area contributed by atoms with Crippen molar-refractivity contribution in [1.29, 1.82) is 0 Å². The zero-order valence-corrected chi connectivity index (χ0v) is 31.5. The molecule has 0 spiro atoms. The largest absolute Gasteiger partial charge is 0.465 e. The molecule has 4 unspecified atom stereocenters. The van der Waals surface area contributed by atoms with E-state index < -0.39 is 0 Å². The van der Waals surface area contributed by atoms with Gasteiger partial charge in [-0.15, -0.1) is 0 Å². The van der Waals surface area contributed by atoms with E-state index in [4.69, 9.17) is 9.47 Å². The second-order valence-corrected chi connectivity index (χ2v) is 14.7. The van der Waals surface area contributed by atoms with Gasteiger partial charge in [0.05, 0.1) is 24.7 Å². The van der Waals surface area contributed by atoms with Gasteiger partial charge in [0.25, 0.3) is 0 Å². The van der Waals surface area contributed by atoms with E-state index in [0.717, 1.165) is 49.4 Å². The van der Waals surface area contributed by atoms with E-state index in [1.807, 2.05) is 0 Å². The molecule has 0 saturated heterocycles. The van der Waals surface area contributed by atoms with E-state index in [9.17, 15) is 9.59 Å². The van der Waals surface area contributed by atoms with Crippen LogP contribution in [-0.4, -0.2) is 36.7 Å². The van der Waals surface area contributed by atoms with E-state index in [1.165, 1.54) is 148 Å². The minimum Gasteiger partial charge on any atom is -0.465 e. The topological polar surface area (TPSA) is 52.6 Å². The van der Waals surface area contributed by atoms with Crippen LogP contribution in [0, 0.1) is 23.7 Å². The summed E-state index contributed by atoms with van der Waals surface area (Å²) in [6, 6.07) is 0. The predicted molar refractivity (Wildman–Crippen MR) is 200 cm³/mol. The second-order valence-electron chi connectivity index (χ2n) is 14.1. The van der Waals surface area contributed by atoms with Crippen LogP contribution in [0.4, 0.5) is 0 Å². The Balaban J connectivity index is 2.62. The molecule has 0 aromatic carbocycles. The first kappa shape index (κ1) is 42.7. The quantitative estimate of drug-likeness (QED) is 0.0438. The Morgan fingerprint density at radius 2 is 0.778 bits per heavy atom. The van der Waals surface area contributed by atoms with Crippen LogP contribution in [0.2, 0.25) is 0 Å². The minimum absolute atomic E-state index is 0.179. The van der Waals surface area contributed by atoms with Crippen LogP contribution in [0.15, 0.2) is 0 Å². The van der Waals surface area contributed by atoms with Crippen molar-refractivity contribution in [2.75, 3.05) is 24.7 Å². The summed E-state index contributed by atoms with van der Waals surface area (Å²) in [5.74, 6) is 3.74. The van der Waals surface area contributed by atoms with E-state index >= 15 is 0 Å². The molecule has 4 nitrogen and oxygen atoms in total. The molecule has 0 radical (unpaired) electrons. The average molecular weight is 671 g/mol. The zero-order valence-electron chi connectivity index (χ0n) is 29.8. The lowest BCUT2D eigenvalue weighted by molar-refractivity contribution is -0.141. The van der Waals surface area contributed by atoms with Crippen molar-refractivity contribution in [3.8, 4) is 0 Å². The molecule has 4 atom stereocenters. The van der Waals surface area contributed by atoms with Crippen molar-refractivity contribution in [3.63, 3.8) is 0 Å². The lowest BCUT2D eigenvalue weighted by Gasteiger charge is -2.44. The molecule has 0 aliphatic heterocycles. The van der Waals surface area contributed by atoms with Gasteiger partial charge in [0.1, 0.15) is 0 Å². The van der Waals surface area contributed by atoms with E-state index in [1.54, 1.807) is 0 Å².